The molecule has 0 aliphatic carbocycles. The number of carbonyl (C=O) groups is 1. The second-order valence-corrected chi connectivity index (χ2v) is 7.24. The van der Waals surface area contributed by atoms with Gasteiger partial charge in [-0.2, -0.15) is 0 Å². The minimum atomic E-state index is -0.791. The molecule has 0 saturated heterocycles. The average Bonchev–Trinajstić information content (AvgIpc) is 2.98. The Bertz CT molecular complexity index is 862. The molecule has 0 aliphatic rings. The van der Waals surface area contributed by atoms with Crippen molar-refractivity contribution < 1.29 is 9.53 Å². The number of para-hydroxylation sites is 1. The van der Waals surface area contributed by atoms with Gasteiger partial charge in [-0.3, -0.25) is 4.79 Å². The van der Waals surface area contributed by atoms with Crippen molar-refractivity contribution in [3.8, 4) is 0 Å². The number of aromatic nitrogens is 1. The molecule has 0 amide bonds. The molecule has 0 radical (unpaired) electrons. The normalized spacial score (nSPS) is 14.2. The summed E-state index contributed by atoms with van der Waals surface area (Å²) >= 11 is 0. The van der Waals surface area contributed by atoms with Gasteiger partial charge in [0.15, 0.2) is 0 Å². The summed E-state index contributed by atoms with van der Waals surface area (Å²) in [7, 11) is 0. The number of hydrogen-bond donors (Lipinski definition) is 2. The van der Waals surface area contributed by atoms with Gasteiger partial charge in [-0.15, -0.1) is 0 Å². The smallest absolute Gasteiger partial charge is 0.324 e. The van der Waals surface area contributed by atoms with Gasteiger partial charge in [0.1, 0.15) is 11.6 Å². The van der Waals surface area contributed by atoms with Gasteiger partial charge in [-0.1, -0.05) is 48.5 Å². The van der Waals surface area contributed by atoms with Crippen LogP contribution < -0.4 is 5.73 Å². The minimum absolute atomic E-state index is 0.285. The van der Waals surface area contributed by atoms with Crippen LogP contribution in [-0.2, 0) is 9.53 Å². The Morgan fingerprint density at radius 2 is 1.68 bits per heavy atom. The van der Waals surface area contributed by atoms with Crippen molar-refractivity contribution in [1.29, 1.82) is 0 Å². The number of nitrogens with one attached hydrogen (secondary N) is 1. The monoisotopic (exact) mass is 336 g/mol. The highest BCUT2D eigenvalue weighted by Crippen LogP contribution is 2.33. The topological polar surface area (TPSA) is 68.1 Å². The molecule has 3 aromatic rings. The SMILES string of the molecule is CC(C)(C)OC(=O)[C@@H](N)[C@@H](c1ccccc1)c1c[nH]c2ccccc12. The zero-order valence-corrected chi connectivity index (χ0v) is 14.8. The first-order valence-corrected chi connectivity index (χ1v) is 8.46. The number of H-pyrrole nitrogens is 1. The molecule has 0 spiro atoms. The van der Waals surface area contributed by atoms with E-state index >= 15 is 0 Å². The van der Waals surface area contributed by atoms with Gasteiger partial charge in [0.25, 0.3) is 0 Å². The summed E-state index contributed by atoms with van der Waals surface area (Å²) < 4.78 is 5.54. The highest BCUT2D eigenvalue weighted by atomic mass is 16.6. The van der Waals surface area contributed by atoms with E-state index in [-0.39, 0.29) is 5.92 Å². The van der Waals surface area contributed by atoms with Crippen molar-refractivity contribution in [2.45, 2.75) is 38.3 Å². The largest absolute Gasteiger partial charge is 0.459 e. The lowest BCUT2D eigenvalue weighted by atomic mass is 9.85. The molecular weight excluding hydrogens is 312 g/mol. The van der Waals surface area contributed by atoms with Crippen LogP contribution in [0, 0.1) is 0 Å². The third kappa shape index (κ3) is 3.74. The summed E-state index contributed by atoms with van der Waals surface area (Å²) in [4.78, 5) is 15.9. The van der Waals surface area contributed by atoms with Crippen LogP contribution in [-0.4, -0.2) is 22.6 Å². The van der Waals surface area contributed by atoms with E-state index in [1.165, 1.54) is 0 Å². The predicted molar refractivity (Wildman–Crippen MR) is 100 cm³/mol. The van der Waals surface area contributed by atoms with E-state index in [1.807, 2.05) is 81.6 Å². The number of hydrogen-bond acceptors (Lipinski definition) is 3. The molecule has 0 fully saturated rings. The molecule has 0 unspecified atom stereocenters. The minimum Gasteiger partial charge on any atom is -0.459 e. The van der Waals surface area contributed by atoms with E-state index in [9.17, 15) is 4.79 Å². The van der Waals surface area contributed by atoms with Crippen LogP contribution in [0.15, 0.2) is 60.8 Å². The molecule has 130 valence electrons. The zero-order chi connectivity index (χ0) is 18.0. The van der Waals surface area contributed by atoms with Crippen LogP contribution in [0.5, 0.6) is 0 Å². The van der Waals surface area contributed by atoms with E-state index in [1.54, 1.807) is 0 Å². The molecule has 4 nitrogen and oxygen atoms in total. The standard InChI is InChI=1S/C21H24N2O2/c1-21(2,3)25-20(24)19(22)18(14-9-5-4-6-10-14)16-13-23-17-12-8-7-11-15(16)17/h4-13,18-19,23H,22H2,1-3H3/t18-,19-/m0/s1. The van der Waals surface area contributed by atoms with Crippen LogP contribution >= 0.6 is 0 Å². The van der Waals surface area contributed by atoms with Gasteiger partial charge in [-0.25, -0.2) is 0 Å². The molecule has 0 aliphatic heterocycles. The maximum atomic E-state index is 12.6. The number of aromatic amines is 1. The number of fused-ring (bicyclic) bond motifs is 1. The first-order valence-electron chi connectivity index (χ1n) is 8.46. The molecule has 25 heavy (non-hydrogen) atoms. The lowest BCUT2D eigenvalue weighted by Gasteiger charge is -2.27. The van der Waals surface area contributed by atoms with Crippen LogP contribution in [0.1, 0.15) is 37.8 Å². The number of rotatable bonds is 4. The van der Waals surface area contributed by atoms with Gasteiger partial charge < -0.3 is 15.5 Å². The van der Waals surface area contributed by atoms with Gasteiger partial charge in [0, 0.05) is 23.0 Å². The highest BCUT2D eigenvalue weighted by Gasteiger charge is 2.32. The number of ether oxygens (including phenoxy) is 1. The van der Waals surface area contributed by atoms with Gasteiger partial charge in [-0.05, 0) is 38.0 Å². The summed E-state index contributed by atoms with van der Waals surface area (Å²) in [6, 6.07) is 17.1. The molecule has 2 atom stereocenters. The Morgan fingerprint density at radius 3 is 2.36 bits per heavy atom. The number of esters is 1. The molecule has 3 N–H and O–H groups in total. The van der Waals surface area contributed by atoms with Crippen molar-refractivity contribution in [2.75, 3.05) is 0 Å². The summed E-state index contributed by atoms with van der Waals surface area (Å²) in [5, 5.41) is 1.07. The summed E-state index contributed by atoms with van der Waals surface area (Å²) in [6.45, 7) is 5.54. The molecule has 3 rings (SSSR count). The van der Waals surface area contributed by atoms with Crippen LogP contribution in [0.4, 0.5) is 0 Å². The number of benzene rings is 2. The van der Waals surface area contributed by atoms with Gasteiger partial charge in [0.2, 0.25) is 0 Å². The van der Waals surface area contributed by atoms with Crippen molar-refractivity contribution in [3.63, 3.8) is 0 Å². The third-order valence-corrected chi connectivity index (χ3v) is 4.15. The zero-order valence-electron chi connectivity index (χ0n) is 14.8. The predicted octanol–water partition coefficient (Wildman–Crippen LogP) is 3.97. The third-order valence-electron chi connectivity index (χ3n) is 4.15. The summed E-state index contributed by atoms with van der Waals surface area (Å²) in [5.74, 6) is -0.682. The van der Waals surface area contributed by atoms with E-state index in [0.717, 1.165) is 22.0 Å². The molecule has 1 heterocycles. The molecule has 4 heteroatoms. The Kier molecular flexibility index (Phi) is 4.64. The van der Waals surface area contributed by atoms with Crippen LogP contribution in [0.2, 0.25) is 0 Å². The maximum Gasteiger partial charge on any atom is 0.324 e. The second-order valence-electron chi connectivity index (χ2n) is 7.24. The second kappa shape index (κ2) is 6.73. The quantitative estimate of drug-likeness (QED) is 0.708. The fourth-order valence-corrected chi connectivity index (χ4v) is 3.10. The van der Waals surface area contributed by atoms with E-state index in [0.29, 0.717) is 0 Å². The Labute approximate surface area is 148 Å². The average molecular weight is 336 g/mol. The molecular formula is C21H24N2O2. The van der Waals surface area contributed by atoms with Gasteiger partial charge in [0.05, 0.1) is 0 Å². The van der Waals surface area contributed by atoms with Crippen molar-refractivity contribution >= 4 is 16.9 Å². The summed E-state index contributed by atoms with van der Waals surface area (Å²) in [6.07, 6.45) is 1.94. The Hall–Kier alpha value is -2.59. The Balaban J connectivity index is 2.06. The fraction of sp³-hybridized carbons (Fsp3) is 0.286. The van der Waals surface area contributed by atoms with Crippen LogP contribution in [0.3, 0.4) is 0 Å². The van der Waals surface area contributed by atoms with E-state index < -0.39 is 17.6 Å². The molecule has 1 aromatic heterocycles. The molecule has 2 aromatic carbocycles. The van der Waals surface area contributed by atoms with Gasteiger partial charge >= 0.3 is 5.97 Å². The van der Waals surface area contributed by atoms with Crippen LogP contribution in [0.25, 0.3) is 10.9 Å². The number of nitrogens with two attached hydrogens (primary N) is 1. The van der Waals surface area contributed by atoms with Crippen molar-refractivity contribution in [2.24, 2.45) is 5.73 Å². The van der Waals surface area contributed by atoms with E-state index in [4.69, 9.17) is 10.5 Å². The first kappa shape index (κ1) is 17.2. The van der Waals surface area contributed by atoms with Crippen molar-refractivity contribution in [3.05, 3.63) is 71.9 Å². The summed E-state index contributed by atoms with van der Waals surface area (Å²) in [5.41, 5.74) is 8.84. The fourth-order valence-electron chi connectivity index (χ4n) is 3.10. The Morgan fingerprint density at radius 1 is 1.04 bits per heavy atom. The lowest BCUT2D eigenvalue weighted by molar-refractivity contribution is -0.156. The molecule has 0 bridgehead atoms. The highest BCUT2D eigenvalue weighted by molar-refractivity contribution is 5.86. The lowest BCUT2D eigenvalue weighted by Crippen LogP contribution is -2.42. The maximum absolute atomic E-state index is 12.6. The first-order chi connectivity index (χ1) is 11.9. The number of carbonyl (C=O) groups excluding carboxylic acids is 1. The van der Waals surface area contributed by atoms with E-state index in [2.05, 4.69) is 4.98 Å². The van der Waals surface area contributed by atoms with Crippen molar-refractivity contribution in [1.82, 2.24) is 4.98 Å². The molecule has 0 saturated carbocycles.